The van der Waals surface area contributed by atoms with Crippen LogP contribution in [0.25, 0.3) is 11.5 Å². The van der Waals surface area contributed by atoms with E-state index in [0.29, 0.717) is 17.3 Å². The number of benzene rings is 1. The van der Waals surface area contributed by atoms with Crippen LogP contribution in [0, 0.1) is 6.92 Å². The maximum absolute atomic E-state index is 10.4. The van der Waals surface area contributed by atoms with Crippen molar-refractivity contribution < 1.29 is 19.1 Å². The molecule has 5 heteroatoms. The Labute approximate surface area is 117 Å². The first-order valence-corrected chi connectivity index (χ1v) is 6.45. The number of carboxylic acids is 1. The minimum atomic E-state index is -0.999. The Bertz CT molecular complexity index is 586. The van der Waals surface area contributed by atoms with Gasteiger partial charge >= 0.3 is 5.97 Å². The lowest BCUT2D eigenvalue weighted by Crippen LogP contribution is -2.07. The lowest BCUT2D eigenvalue weighted by atomic mass is 10.1. The standard InChI is InChI=1S/C15H17NO4/c1-3-11-4-6-12(7-5-11)15-16-13(10(2)20-15)8-19-9-14(17)18/h4-7H,3,8-9H2,1-2H3,(H,17,18). The fraction of sp³-hybridized carbons (Fsp3) is 0.333. The molecule has 1 heterocycles. The van der Waals surface area contributed by atoms with Crippen molar-refractivity contribution in [2.24, 2.45) is 0 Å². The summed E-state index contributed by atoms with van der Waals surface area (Å²) in [6.07, 6.45) is 0.985. The van der Waals surface area contributed by atoms with Crippen molar-refractivity contribution >= 4 is 5.97 Å². The normalized spacial score (nSPS) is 10.7. The molecule has 0 unspecified atom stereocenters. The van der Waals surface area contributed by atoms with Gasteiger partial charge in [-0.15, -0.1) is 0 Å². The van der Waals surface area contributed by atoms with E-state index in [1.807, 2.05) is 24.3 Å². The largest absolute Gasteiger partial charge is 0.480 e. The van der Waals surface area contributed by atoms with Crippen molar-refractivity contribution in [3.63, 3.8) is 0 Å². The summed E-state index contributed by atoms with van der Waals surface area (Å²) in [5.74, 6) is 0.172. The Hall–Kier alpha value is -2.14. The van der Waals surface area contributed by atoms with Crippen LogP contribution in [-0.2, 0) is 22.6 Å². The molecule has 0 amide bonds. The van der Waals surface area contributed by atoms with Crippen LogP contribution in [0.2, 0.25) is 0 Å². The van der Waals surface area contributed by atoms with Crippen molar-refractivity contribution in [2.45, 2.75) is 26.9 Å². The molecule has 0 radical (unpaired) electrons. The summed E-state index contributed by atoms with van der Waals surface area (Å²) in [4.78, 5) is 14.7. The maximum Gasteiger partial charge on any atom is 0.329 e. The van der Waals surface area contributed by atoms with E-state index < -0.39 is 5.97 Å². The highest BCUT2D eigenvalue weighted by molar-refractivity contribution is 5.68. The van der Waals surface area contributed by atoms with E-state index in [4.69, 9.17) is 14.3 Å². The predicted octanol–water partition coefficient (Wildman–Crippen LogP) is 2.81. The van der Waals surface area contributed by atoms with Crippen molar-refractivity contribution in [1.29, 1.82) is 0 Å². The fourth-order valence-corrected chi connectivity index (χ4v) is 1.80. The van der Waals surface area contributed by atoms with Gasteiger partial charge < -0.3 is 14.3 Å². The highest BCUT2D eigenvalue weighted by Gasteiger charge is 2.12. The molecule has 1 N–H and O–H groups in total. The first kappa shape index (κ1) is 14.3. The SMILES string of the molecule is CCc1ccc(-c2nc(COCC(=O)O)c(C)o2)cc1. The fourth-order valence-electron chi connectivity index (χ4n) is 1.80. The molecular weight excluding hydrogens is 258 g/mol. The zero-order valence-corrected chi connectivity index (χ0v) is 11.5. The van der Waals surface area contributed by atoms with Gasteiger partial charge in [0.1, 0.15) is 18.1 Å². The van der Waals surface area contributed by atoms with E-state index in [1.165, 1.54) is 5.56 Å². The van der Waals surface area contributed by atoms with Crippen LogP contribution < -0.4 is 0 Å². The molecule has 1 aromatic carbocycles. The molecule has 106 valence electrons. The van der Waals surface area contributed by atoms with Crippen molar-refractivity contribution in [3.8, 4) is 11.5 Å². The van der Waals surface area contributed by atoms with Crippen LogP contribution in [0.5, 0.6) is 0 Å². The van der Waals surface area contributed by atoms with Gasteiger partial charge in [-0.25, -0.2) is 9.78 Å². The summed E-state index contributed by atoms with van der Waals surface area (Å²) in [6, 6.07) is 8.00. The smallest absolute Gasteiger partial charge is 0.329 e. The Morgan fingerprint density at radius 3 is 2.65 bits per heavy atom. The summed E-state index contributed by atoms with van der Waals surface area (Å²) in [5, 5.41) is 8.52. The van der Waals surface area contributed by atoms with Gasteiger partial charge in [-0.2, -0.15) is 0 Å². The summed E-state index contributed by atoms with van der Waals surface area (Å²) in [7, 11) is 0. The monoisotopic (exact) mass is 275 g/mol. The third-order valence-electron chi connectivity index (χ3n) is 2.97. The van der Waals surface area contributed by atoms with E-state index in [2.05, 4.69) is 11.9 Å². The summed E-state index contributed by atoms with van der Waals surface area (Å²) in [5.41, 5.74) is 2.78. The number of hydrogen-bond acceptors (Lipinski definition) is 4. The first-order chi connectivity index (χ1) is 9.60. The van der Waals surface area contributed by atoms with Crippen LogP contribution in [-0.4, -0.2) is 22.7 Å². The number of carboxylic acid groups (broad SMARTS) is 1. The average molecular weight is 275 g/mol. The third-order valence-corrected chi connectivity index (χ3v) is 2.97. The number of carbonyl (C=O) groups is 1. The number of aromatic nitrogens is 1. The van der Waals surface area contributed by atoms with Crippen molar-refractivity contribution in [3.05, 3.63) is 41.3 Å². The van der Waals surface area contributed by atoms with Crippen LogP contribution >= 0.6 is 0 Å². The number of oxazole rings is 1. The summed E-state index contributed by atoms with van der Waals surface area (Å²) < 4.78 is 10.6. The predicted molar refractivity (Wildman–Crippen MR) is 73.3 cm³/mol. The van der Waals surface area contributed by atoms with Gasteiger partial charge in [-0.3, -0.25) is 0 Å². The molecule has 20 heavy (non-hydrogen) atoms. The first-order valence-electron chi connectivity index (χ1n) is 6.45. The molecule has 0 saturated carbocycles. The van der Waals surface area contributed by atoms with Gasteiger partial charge in [0.25, 0.3) is 0 Å². The van der Waals surface area contributed by atoms with Gasteiger partial charge in [0.05, 0.1) is 6.61 Å². The van der Waals surface area contributed by atoms with Gasteiger partial charge in [-0.1, -0.05) is 19.1 Å². The molecule has 0 fully saturated rings. The van der Waals surface area contributed by atoms with Crippen LogP contribution in [0.15, 0.2) is 28.7 Å². The molecule has 0 aliphatic carbocycles. The molecule has 2 aromatic rings. The summed E-state index contributed by atoms with van der Waals surface area (Å²) >= 11 is 0. The molecule has 0 atom stereocenters. The van der Waals surface area contributed by atoms with E-state index in [9.17, 15) is 4.79 Å². The lowest BCUT2D eigenvalue weighted by Gasteiger charge is -1.98. The molecular formula is C15H17NO4. The number of ether oxygens (including phenoxy) is 1. The quantitative estimate of drug-likeness (QED) is 0.877. The number of aryl methyl sites for hydroxylation is 2. The van der Waals surface area contributed by atoms with Crippen LogP contribution in [0.3, 0.4) is 0 Å². The molecule has 2 rings (SSSR count). The Balaban J connectivity index is 2.11. The molecule has 0 spiro atoms. The molecule has 5 nitrogen and oxygen atoms in total. The van der Waals surface area contributed by atoms with E-state index in [-0.39, 0.29) is 13.2 Å². The molecule has 0 saturated heterocycles. The second-order valence-electron chi connectivity index (χ2n) is 4.46. The summed E-state index contributed by atoms with van der Waals surface area (Å²) in [6.45, 7) is 3.68. The van der Waals surface area contributed by atoms with Crippen molar-refractivity contribution in [1.82, 2.24) is 4.98 Å². The van der Waals surface area contributed by atoms with E-state index in [1.54, 1.807) is 6.92 Å². The minimum absolute atomic E-state index is 0.134. The van der Waals surface area contributed by atoms with Crippen LogP contribution in [0.1, 0.15) is 23.9 Å². The lowest BCUT2D eigenvalue weighted by molar-refractivity contribution is -0.142. The maximum atomic E-state index is 10.4. The highest BCUT2D eigenvalue weighted by atomic mass is 16.5. The zero-order chi connectivity index (χ0) is 14.5. The third kappa shape index (κ3) is 3.45. The van der Waals surface area contributed by atoms with Gasteiger partial charge in [0.15, 0.2) is 0 Å². The Kier molecular flexibility index (Phi) is 4.53. The molecule has 0 aliphatic rings. The highest BCUT2D eigenvalue weighted by Crippen LogP contribution is 2.22. The minimum Gasteiger partial charge on any atom is -0.480 e. The van der Waals surface area contributed by atoms with Gasteiger partial charge in [0.2, 0.25) is 5.89 Å². The second-order valence-corrected chi connectivity index (χ2v) is 4.46. The average Bonchev–Trinajstić information content (AvgIpc) is 2.80. The van der Waals surface area contributed by atoms with Crippen molar-refractivity contribution in [2.75, 3.05) is 6.61 Å². The number of nitrogens with zero attached hydrogens (tertiary/aromatic N) is 1. The number of aliphatic carboxylic acids is 1. The number of rotatable bonds is 6. The van der Waals surface area contributed by atoms with E-state index >= 15 is 0 Å². The Morgan fingerprint density at radius 1 is 1.35 bits per heavy atom. The molecule has 1 aromatic heterocycles. The number of hydrogen-bond donors (Lipinski definition) is 1. The Morgan fingerprint density at radius 2 is 2.05 bits per heavy atom. The van der Waals surface area contributed by atoms with E-state index in [0.717, 1.165) is 12.0 Å². The second kappa shape index (κ2) is 6.34. The molecule has 0 aliphatic heterocycles. The van der Waals surface area contributed by atoms with Gasteiger partial charge in [0, 0.05) is 5.56 Å². The molecule has 0 bridgehead atoms. The zero-order valence-electron chi connectivity index (χ0n) is 11.5. The van der Waals surface area contributed by atoms with Gasteiger partial charge in [-0.05, 0) is 31.0 Å². The topological polar surface area (TPSA) is 72.6 Å². The van der Waals surface area contributed by atoms with Crippen LogP contribution in [0.4, 0.5) is 0 Å².